The second-order valence-corrected chi connectivity index (χ2v) is 9.10. The first-order chi connectivity index (χ1) is 15.5. The Morgan fingerprint density at radius 1 is 0.848 bits per heavy atom. The summed E-state index contributed by atoms with van der Waals surface area (Å²) in [6, 6.07) is 20.2. The van der Waals surface area contributed by atoms with E-state index in [1.54, 1.807) is 17.0 Å². The number of fused-ring (bicyclic) bond motifs is 1. The van der Waals surface area contributed by atoms with Crippen molar-refractivity contribution in [3.05, 3.63) is 110 Å². The van der Waals surface area contributed by atoms with E-state index in [2.05, 4.69) is 0 Å². The Hall–Kier alpha value is -4.07. The molecule has 3 aromatic rings. The molecular weight excluding hydrogens is 422 g/mol. The Bertz CT molecular complexity index is 1240. The van der Waals surface area contributed by atoms with Crippen molar-refractivity contribution >= 4 is 23.0 Å². The van der Waals surface area contributed by atoms with Gasteiger partial charge in [-0.15, -0.1) is 0 Å². The van der Waals surface area contributed by atoms with Crippen LogP contribution in [0.1, 0.15) is 48.7 Å². The SMILES string of the molecule is CC1(C)C[C@](C)(c2cc([N+](=O)[O-])cc([N+](=O)[O-])c2)c2ccccc2N1C(=O)c1ccccc1. The minimum Gasteiger partial charge on any atom is -0.302 e. The molecule has 0 aliphatic carbocycles. The van der Waals surface area contributed by atoms with Gasteiger partial charge in [0.2, 0.25) is 0 Å². The highest BCUT2D eigenvalue weighted by atomic mass is 16.6. The maximum absolute atomic E-state index is 13.6. The monoisotopic (exact) mass is 445 g/mol. The van der Waals surface area contributed by atoms with Gasteiger partial charge in [-0.2, -0.15) is 0 Å². The van der Waals surface area contributed by atoms with Crippen LogP contribution in [0.5, 0.6) is 0 Å². The number of hydrogen-bond acceptors (Lipinski definition) is 5. The third-order valence-corrected chi connectivity index (χ3v) is 6.32. The van der Waals surface area contributed by atoms with Crippen LogP contribution < -0.4 is 4.90 Å². The van der Waals surface area contributed by atoms with Crippen molar-refractivity contribution in [3.8, 4) is 0 Å². The summed E-state index contributed by atoms with van der Waals surface area (Å²) in [5.74, 6) is -0.153. The molecule has 0 bridgehead atoms. The van der Waals surface area contributed by atoms with Crippen LogP contribution in [0, 0.1) is 20.2 Å². The normalized spacial score (nSPS) is 18.9. The minimum absolute atomic E-state index is 0.153. The summed E-state index contributed by atoms with van der Waals surface area (Å²) >= 11 is 0. The van der Waals surface area contributed by atoms with Gasteiger partial charge in [-0.1, -0.05) is 43.3 Å². The van der Waals surface area contributed by atoms with Crippen LogP contribution in [-0.2, 0) is 5.41 Å². The summed E-state index contributed by atoms with van der Waals surface area (Å²) in [6.07, 6.45) is 0.411. The average Bonchev–Trinajstić information content (AvgIpc) is 2.78. The van der Waals surface area contributed by atoms with Crippen molar-refractivity contribution in [3.63, 3.8) is 0 Å². The smallest absolute Gasteiger partial charge is 0.276 e. The van der Waals surface area contributed by atoms with Crippen molar-refractivity contribution in [2.24, 2.45) is 0 Å². The van der Waals surface area contributed by atoms with Crippen LogP contribution in [0.4, 0.5) is 17.1 Å². The molecule has 4 rings (SSSR count). The van der Waals surface area contributed by atoms with Crippen LogP contribution >= 0.6 is 0 Å². The lowest BCUT2D eigenvalue weighted by molar-refractivity contribution is -0.394. The van der Waals surface area contributed by atoms with E-state index in [9.17, 15) is 25.0 Å². The maximum Gasteiger partial charge on any atom is 0.276 e. The van der Waals surface area contributed by atoms with Gasteiger partial charge in [0.15, 0.2) is 0 Å². The second-order valence-electron chi connectivity index (χ2n) is 9.10. The highest BCUT2D eigenvalue weighted by molar-refractivity contribution is 6.08. The summed E-state index contributed by atoms with van der Waals surface area (Å²) in [7, 11) is 0. The average molecular weight is 445 g/mol. The number of nitrogens with zero attached hydrogens (tertiary/aromatic N) is 3. The molecular formula is C25H23N3O5. The van der Waals surface area contributed by atoms with Gasteiger partial charge in [0, 0.05) is 34.3 Å². The van der Waals surface area contributed by atoms with E-state index < -0.39 is 20.8 Å². The zero-order valence-corrected chi connectivity index (χ0v) is 18.5. The fraction of sp³-hybridized carbons (Fsp3) is 0.240. The second kappa shape index (κ2) is 7.81. The van der Waals surface area contributed by atoms with E-state index in [4.69, 9.17) is 0 Å². The Labute approximate surface area is 190 Å². The Balaban J connectivity index is 1.94. The third kappa shape index (κ3) is 3.73. The van der Waals surface area contributed by atoms with Crippen LogP contribution in [0.25, 0.3) is 0 Å². The predicted octanol–water partition coefficient (Wildman–Crippen LogP) is 5.64. The number of non-ortho nitro benzene ring substituents is 2. The molecule has 1 aliphatic heterocycles. The van der Waals surface area contributed by atoms with Gasteiger partial charge in [-0.3, -0.25) is 25.0 Å². The lowest BCUT2D eigenvalue weighted by atomic mass is 9.65. The highest BCUT2D eigenvalue weighted by Gasteiger charge is 2.48. The zero-order valence-electron chi connectivity index (χ0n) is 18.5. The molecule has 0 aromatic heterocycles. The molecule has 0 N–H and O–H groups in total. The number of anilines is 1. The first-order valence-corrected chi connectivity index (χ1v) is 10.5. The maximum atomic E-state index is 13.6. The van der Waals surface area contributed by atoms with E-state index in [-0.39, 0.29) is 17.3 Å². The molecule has 1 amide bonds. The number of amides is 1. The van der Waals surface area contributed by atoms with Crippen molar-refractivity contribution in [2.75, 3.05) is 4.90 Å². The zero-order chi connectivity index (χ0) is 24.0. The van der Waals surface area contributed by atoms with Gasteiger partial charge in [0.25, 0.3) is 17.3 Å². The largest absolute Gasteiger partial charge is 0.302 e. The van der Waals surface area contributed by atoms with Crippen molar-refractivity contribution in [2.45, 2.75) is 38.1 Å². The van der Waals surface area contributed by atoms with Crippen LogP contribution in [-0.4, -0.2) is 21.3 Å². The molecule has 1 aliphatic rings. The number of rotatable bonds is 4. The topological polar surface area (TPSA) is 107 Å². The lowest BCUT2D eigenvalue weighted by Gasteiger charge is -2.51. The molecule has 0 radical (unpaired) electrons. The molecule has 33 heavy (non-hydrogen) atoms. The molecule has 8 nitrogen and oxygen atoms in total. The molecule has 3 aromatic carbocycles. The Kier molecular flexibility index (Phi) is 5.24. The Morgan fingerprint density at radius 3 is 1.97 bits per heavy atom. The van der Waals surface area contributed by atoms with Crippen molar-refractivity contribution in [1.29, 1.82) is 0 Å². The fourth-order valence-corrected chi connectivity index (χ4v) is 4.98. The minimum atomic E-state index is -0.801. The van der Waals surface area contributed by atoms with Gasteiger partial charge < -0.3 is 4.90 Å². The lowest BCUT2D eigenvalue weighted by Crippen LogP contribution is -2.55. The third-order valence-electron chi connectivity index (χ3n) is 6.32. The molecule has 0 saturated carbocycles. The summed E-state index contributed by atoms with van der Waals surface area (Å²) in [4.78, 5) is 37.1. The number of nitro benzene ring substituents is 2. The Morgan fingerprint density at radius 2 is 1.39 bits per heavy atom. The van der Waals surface area contributed by atoms with Gasteiger partial charge in [-0.25, -0.2) is 0 Å². The summed E-state index contributed by atoms with van der Waals surface area (Å²) < 4.78 is 0. The summed E-state index contributed by atoms with van der Waals surface area (Å²) in [5.41, 5.74) is 0.324. The van der Waals surface area contributed by atoms with E-state index in [0.29, 0.717) is 23.2 Å². The number of hydrogen-bond donors (Lipinski definition) is 0. The molecule has 0 fully saturated rings. The van der Waals surface area contributed by atoms with E-state index in [1.165, 1.54) is 12.1 Å². The van der Waals surface area contributed by atoms with Crippen LogP contribution in [0.3, 0.4) is 0 Å². The first kappa shape index (κ1) is 22.1. The fourth-order valence-electron chi connectivity index (χ4n) is 4.98. The van der Waals surface area contributed by atoms with E-state index in [0.717, 1.165) is 11.6 Å². The quantitative estimate of drug-likeness (QED) is 0.382. The van der Waals surface area contributed by atoms with Crippen molar-refractivity contribution < 1.29 is 14.6 Å². The number of carbonyl (C=O) groups excluding carboxylic acids is 1. The predicted molar refractivity (Wildman–Crippen MR) is 125 cm³/mol. The molecule has 0 saturated heterocycles. The first-order valence-electron chi connectivity index (χ1n) is 10.5. The van der Waals surface area contributed by atoms with Gasteiger partial charge in [0.05, 0.1) is 15.9 Å². The highest BCUT2D eigenvalue weighted by Crippen LogP contribution is 2.51. The van der Waals surface area contributed by atoms with Gasteiger partial charge in [0.1, 0.15) is 0 Å². The molecule has 8 heteroatoms. The summed E-state index contributed by atoms with van der Waals surface area (Å²) in [6.45, 7) is 5.79. The van der Waals surface area contributed by atoms with Gasteiger partial charge in [-0.05, 0) is 49.6 Å². The van der Waals surface area contributed by atoms with Crippen molar-refractivity contribution in [1.82, 2.24) is 0 Å². The molecule has 1 heterocycles. The number of nitro groups is 2. The number of benzene rings is 3. The molecule has 168 valence electrons. The van der Waals surface area contributed by atoms with Crippen LogP contribution in [0.15, 0.2) is 72.8 Å². The number of para-hydroxylation sites is 1. The summed E-state index contributed by atoms with van der Waals surface area (Å²) in [5, 5.41) is 23.0. The molecule has 0 unspecified atom stereocenters. The van der Waals surface area contributed by atoms with E-state index >= 15 is 0 Å². The molecule has 0 spiro atoms. The molecule has 1 atom stereocenters. The number of carbonyl (C=O) groups is 1. The van der Waals surface area contributed by atoms with E-state index in [1.807, 2.05) is 63.2 Å². The van der Waals surface area contributed by atoms with Gasteiger partial charge >= 0.3 is 0 Å². The standard InChI is InChI=1S/C25H23N3O5/c1-24(2)16-25(3,18-13-19(27(30)31)15-20(14-18)28(32)33)21-11-7-8-12-22(21)26(24)23(29)17-9-5-4-6-10-17/h4-15H,16H2,1-3H3/t25-/m1/s1. The van der Waals surface area contributed by atoms with Crippen LogP contribution in [0.2, 0.25) is 0 Å².